The second kappa shape index (κ2) is 12.1. The maximum atomic E-state index is 12.7. The number of hydrogen-bond donors (Lipinski definition) is 3. The van der Waals surface area contributed by atoms with Gasteiger partial charge in [0, 0.05) is 6.54 Å². The minimum absolute atomic E-state index is 0. The van der Waals surface area contributed by atoms with Crippen molar-refractivity contribution < 1.29 is 54.4 Å². The number of aliphatic hydroxyl groups excluding tert-OH is 1. The molecule has 0 aliphatic rings. The topological polar surface area (TPSA) is 127 Å². The van der Waals surface area contributed by atoms with Crippen molar-refractivity contribution in [2.75, 3.05) is 13.1 Å². The average molecular weight is 475 g/mol. The molecular formula is C24H23N2NaO5S. The molecule has 3 aromatic carbocycles. The van der Waals surface area contributed by atoms with Gasteiger partial charge in [-0.15, -0.1) is 0 Å². The molecule has 0 aliphatic carbocycles. The molecule has 0 saturated heterocycles. The first-order valence-corrected chi connectivity index (χ1v) is 11.4. The van der Waals surface area contributed by atoms with Crippen LogP contribution in [0, 0.1) is 11.3 Å². The molecule has 1 atom stereocenters. The Balaban J connectivity index is 0.00000289. The van der Waals surface area contributed by atoms with E-state index in [1.54, 1.807) is 36.4 Å². The number of carboxylic acids is 1. The fraction of sp³-hybridized carbons (Fsp3) is 0.167. The van der Waals surface area contributed by atoms with Crippen LogP contribution in [-0.4, -0.2) is 37.7 Å². The SMILES string of the molecule is N#Cc1cccc([C@H](O)CNCCc2ccc(S(=O)(=O)c3ccc(C(=O)O)cc3)cc2)c1.[H-].[Na+]. The zero-order chi connectivity index (χ0) is 23.1. The van der Waals surface area contributed by atoms with Crippen LogP contribution in [0.5, 0.6) is 0 Å². The Morgan fingerprint density at radius 2 is 1.64 bits per heavy atom. The zero-order valence-electron chi connectivity index (χ0n) is 19.1. The fourth-order valence-electron chi connectivity index (χ4n) is 3.15. The minimum atomic E-state index is -3.74. The van der Waals surface area contributed by atoms with E-state index in [1.807, 2.05) is 6.07 Å². The van der Waals surface area contributed by atoms with Gasteiger partial charge in [-0.3, -0.25) is 0 Å². The van der Waals surface area contributed by atoms with Gasteiger partial charge in [-0.25, -0.2) is 13.2 Å². The summed E-state index contributed by atoms with van der Waals surface area (Å²) < 4.78 is 25.5. The normalized spacial score (nSPS) is 11.8. The first kappa shape index (κ1) is 26.7. The summed E-state index contributed by atoms with van der Waals surface area (Å²) in [6.07, 6.45) is -0.0955. The number of carboxylic acid groups (broad SMARTS) is 1. The van der Waals surface area contributed by atoms with Crippen molar-refractivity contribution in [2.45, 2.75) is 22.3 Å². The van der Waals surface area contributed by atoms with Gasteiger partial charge in [0.25, 0.3) is 0 Å². The van der Waals surface area contributed by atoms with Crippen LogP contribution in [-0.2, 0) is 16.3 Å². The molecule has 7 nitrogen and oxygen atoms in total. The molecule has 9 heteroatoms. The van der Waals surface area contributed by atoms with Gasteiger partial charge in [0.2, 0.25) is 9.84 Å². The fourth-order valence-corrected chi connectivity index (χ4v) is 4.41. The molecule has 0 heterocycles. The van der Waals surface area contributed by atoms with Crippen molar-refractivity contribution >= 4 is 15.8 Å². The number of sulfone groups is 1. The van der Waals surface area contributed by atoms with Gasteiger partial charge in [0.15, 0.2) is 0 Å². The van der Waals surface area contributed by atoms with Crippen LogP contribution in [0.3, 0.4) is 0 Å². The van der Waals surface area contributed by atoms with Crippen molar-refractivity contribution in [2.24, 2.45) is 0 Å². The summed E-state index contributed by atoms with van der Waals surface area (Å²) in [5.74, 6) is -1.12. The van der Waals surface area contributed by atoms with Crippen LogP contribution in [0.4, 0.5) is 0 Å². The van der Waals surface area contributed by atoms with Crippen molar-refractivity contribution in [1.82, 2.24) is 5.32 Å². The summed E-state index contributed by atoms with van der Waals surface area (Å²) in [4.78, 5) is 11.1. The molecule has 0 saturated carbocycles. The maximum absolute atomic E-state index is 12.7. The largest absolute Gasteiger partial charge is 1.00 e. The Morgan fingerprint density at radius 3 is 2.21 bits per heavy atom. The molecule has 0 amide bonds. The van der Waals surface area contributed by atoms with E-state index in [0.29, 0.717) is 30.6 Å². The average Bonchev–Trinajstić information content (AvgIpc) is 2.82. The molecule has 0 aliphatic heterocycles. The van der Waals surface area contributed by atoms with Gasteiger partial charge in [-0.2, -0.15) is 5.26 Å². The van der Waals surface area contributed by atoms with E-state index in [4.69, 9.17) is 10.4 Å². The van der Waals surface area contributed by atoms with E-state index in [-0.39, 0.29) is 46.3 Å². The Labute approximate surface area is 216 Å². The monoisotopic (exact) mass is 474 g/mol. The van der Waals surface area contributed by atoms with Crippen LogP contribution in [0.15, 0.2) is 82.6 Å². The van der Waals surface area contributed by atoms with Gasteiger partial charge in [0.05, 0.1) is 33.1 Å². The Bertz CT molecular complexity index is 1240. The van der Waals surface area contributed by atoms with E-state index in [2.05, 4.69) is 5.32 Å². The van der Waals surface area contributed by atoms with Gasteiger partial charge < -0.3 is 17.0 Å². The van der Waals surface area contributed by atoms with Gasteiger partial charge in [-0.1, -0.05) is 24.3 Å². The zero-order valence-corrected chi connectivity index (χ0v) is 20.9. The first-order valence-electron chi connectivity index (χ1n) is 9.87. The molecule has 0 fully saturated rings. The maximum Gasteiger partial charge on any atom is 1.00 e. The van der Waals surface area contributed by atoms with E-state index in [1.165, 1.54) is 36.4 Å². The van der Waals surface area contributed by atoms with Crippen LogP contribution in [0.2, 0.25) is 0 Å². The molecule has 166 valence electrons. The Morgan fingerprint density at radius 1 is 1.03 bits per heavy atom. The molecule has 3 N–H and O–H groups in total. The van der Waals surface area contributed by atoms with Gasteiger partial charge in [-0.05, 0) is 72.6 Å². The second-order valence-corrected chi connectivity index (χ2v) is 9.13. The predicted octanol–water partition coefficient (Wildman–Crippen LogP) is 0.0715. The molecule has 3 aromatic rings. The van der Waals surface area contributed by atoms with E-state index < -0.39 is 21.9 Å². The second-order valence-electron chi connectivity index (χ2n) is 7.18. The summed E-state index contributed by atoms with van der Waals surface area (Å²) in [7, 11) is -3.74. The summed E-state index contributed by atoms with van der Waals surface area (Å²) >= 11 is 0. The van der Waals surface area contributed by atoms with E-state index in [0.717, 1.165) is 5.56 Å². The van der Waals surface area contributed by atoms with E-state index in [9.17, 15) is 18.3 Å². The van der Waals surface area contributed by atoms with Crippen LogP contribution < -0.4 is 34.9 Å². The van der Waals surface area contributed by atoms with E-state index >= 15 is 0 Å². The minimum Gasteiger partial charge on any atom is -1.00 e. The number of hydrogen-bond acceptors (Lipinski definition) is 6. The number of benzene rings is 3. The first-order chi connectivity index (χ1) is 15.3. The summed E-state index contributed by atoms with van der Waals surface area (Å²) in [6.45, 7) is 0.908. The molecule has 0 aromatic heterocycles. The number of nitriles is 1. The molecule has 0 bridgehead atoms. The molecule has 0 spiro atoms. The summed E-state index contributed by atoms with van der Waals surface area (Å²) in [5, 5.41) is 31.3. The standard InChI is InChI=1S/C24H22N2O5S.Na.H/c25-15-18-2-1-3-20(14-18)23(27)16-26-13-12-17-4-8-21(9-5-17)32(30,31)22-10-6-19(7-11-22)24(28)29;;/h1-11,14,23,26-27H,12-13,16H2,(H,28,29);;/q;+1;-1/t23-;;/m1../s1. The predicted molar refractivity (Wildman–Crippen MR) is 119 cm³/mol. The van der Waals surface area contributed by atoms with Gasteiger partial charge in [0.1, 0.15) is 0 Å². The van der Waals surface area contributed by atoms with Crippen molar-refractivity contribution in [1.29, 1.82) is 5.26 Å². The quantitative estimate of drug-likeness (QED) is 0.296. The Kier molecular flexibility index (Phi) is 9.80. The molecule has 0 unspecified atom stereocenters. The number of nitrogens with zero attached hydrogens (tertiary/aromatic N) is 1. The third-order valence-electron chi connectivity index (χ3n) is 4.97. The number of aliphatic hydroxyl groups is 1. The third-order valence-corrected chi connectivity index (χ3v) is 6.76. The van der Waals surface area contributed by atoms with Crippen molar-refractivity contribution in [3.05, 3.63) is 95.1 Å². The van der Waals surface area contributed by atoms with Crippen molar-refractivity contribution in [3.63, 3.8) is 0 Å². The molecular weight excluding hydrogens is 451 g/mol. The summed E-state index contributed by atoms with van der Waals surface area (Å²) in [5.41, 5.74) is 2.12. The number of aromatic carboxylic acids is 1. The molecule has 3 rings (SSSR count). The van der Waals surface area contributed by atoms with Gasteiger partial charge >= 0.3 is 35.5 Å². The molecule has 33 heavy (non-hydrogen) atoms. The smallest absolute Gasteiger partial charge is 1.00 e. The van der Waals surface area contributed by atoms with Crippen LogP contribution in [0.1, 0.15) is 34.6 Å². The number of carbonyl (C=O) groups is 1. The number of rotatable bonds is 9. The Hall–Kier alpha value is -2.51. The van der Waals surface area contributed by atoms with Crippen LogP contribution >= 0.6 is 0 Å². The third kappa shape index (κ3) is 6.98. The van der Waals surface area contributed by atoms with Crippen LogP contribution in [0.25, 0.3) is 0 Å². The van der Waals surface area contributed by atoms with Crippen molar-refractivity contribution in [3.8, 4) is 6.07 Å². The molecule has 0 radical (unpaired) electrons. The number of nitrogens with one attached hydrogen (secondary N) is 1. The summed E-state index contributed by atoms with van der Waals surface area (Å²) in [6, 6.07) is 20.5.